The topological polar surface area (TPSA) is 40.6 Å². The molecular weight excluding hydrogens is 312 g/mol. The molecular formula is C21H24N2O2. The van der Waals surface area contributed by atoms with Crippen molar-refractivity contribution >= 4 is 11.8 Å². The molecule has 2 aromatic carbocycles. The normalized spacial score (nSPS) is 14.9. The maximum atomic E-state index is 12.3. The lowest BCUT2D eigenvalue weighted by Gasteiger charge is -2.25. The van der Waals surface area contributed by atoms with Crippen molar-refractivity contribution < 1.29 is 9.59 Å². The summed E-state index contributed by atoms with van der Waals surface area (Å²) in [4.78, 5) is 28.3. The van der Waals surface area contributed by atoms with Crippen molar-refractivity contribution in [1.82, 2.24) is 9.80 Å². The summed E-state index contributed by atoms with van der Waals surface area (Å²) in [6.07, 6.45) is 1.76. The fourth-order valence-electron chi connectivity index (χ4n) is 3.25. The van der Waals surface area contributed by atoms with E-state index in [4.69, 9.17) is 0 Å². The van der Waals surface area contributed by atoms with Gasteiger partial charge in [0.15, 0.2) is 0 Å². The molecule has 2 aromatic rings. The first-order chi connectivity index (χ1) is 12.1. The summed E-state index contributed by atoms with van der Waals surface area (Å²) in [5.41, 5.74) is 2.36. The molecule has 0 N–H and O–H groups in total. The third-order valence-corrected chi connectivity index (χ3v) is 4.96. The van der Waals surface area contributed by atoms with Crippen LogP contribution < -0.4 is 0 Å². The Bertz CT molecular complexity index is 723. The van der Waals surface area contributed by atoms with Gasteiger partial charge in [-0.2, -0.15) is 0 Å². The summed E-state index contributed by atoms with van der Waals surface area (Å²) in [6, 6.07) is 17.8. The minimum Gasteiger partial charge on any atom is -0.300 e. The number of amides is 2. The van der Waals surface area contributed by atoms with E-state index >= 15 is 0 Å². The molecule has 2 amide bonds. The van der Waals surface area contributed by atoms with E-state index in [-0.39, 0.29) is 11.8 Å². The molecule has 4 nitrogen and oxygen atoms in total. The average molecular weight is 336 g/mol. The molecule has 130 valence electrons. The summed E-state index contributed by atoms with van der Waals surface area (Å²) < 4.78 is 0. The predicted octanol–water partition coefficient (Wildman–Crippen LogP) is 3.76. The van der Waals surface area contributed by atoms with Crippen LogP contribution in [0.25, 0.3) is 0 Å². The number of unbranched alkanes of at least 4 members (excludes halogenated alkanes) is 1. The Labute approximate surface area is 149 Å². The highest BCUT2D eigenvalue weighted by atomic mass is 16.2. The molecule has 0 radical (unpaired) electrons. The molecule has 1 aliphatic rings. The largest absolute Gasteiger partial charge is 0.300 e. The first-order valence-electron chi connectivity index (χ1n) is 8.80. The summed E-state index contributed by atoms with van der Waals surface area (Å²) in [5, 5.41) is 0. The van der Waals surface area contributed by atoms with Crippen molar-refractivity contribution in [2.75, 3.05) is 20.1 Å². The Hall–Kier alpha value is -2.46. The van der Waals surface area contributed by atoms with Gasteiger partial charge in [-0.1, -0.05) is 42.5 Å². The number of nitrogens with zero attached hydrogens (tertiary/aromatic N) is 2. The predicted molar refractivity (Wildman–Crippen MR) is 98.5 cm³/mol. The lowest BCUT2D eigenvalue weighted by molar-refractivity contribution is 0.0650. The zero-order valence-electron chi connectivity index (χ0n) is 14.8. The number of benzene rings is 2. The Morgan fingerprint density at radius 3 is 2.04 bits per heavy atom. The van der Waals surface area contributed by atoms with Gasteiger partial charge in [0.25, 0.3) is 11.8 Å². The summed E-state index contributed by atoms with van der Waals surface area (Å²) in [6.45, 7) is 3.61. The van der Waals surface area contributed by atoms with Crippen molar-refractivity contribution in [3.63, 3.8) is 0 Å². The summed E-state index contributed by atoms with van der Waals surface area (Å²) in [7, 11) is 2.11. The lowest BCUT2D eigenvalue weighted by Crippen LogP contribution is -2.31. The maximum absolute atomic E-state index is 12.3. The van der Waals surface area contributed by atoms with E-state index in [1.165, 1.54) is 10.5 Å². The SMILES string of the molecule is C[C@H](c1ccccc1)N(C)CCCCN1C(=O)c2ccccc2C1=O. The van der Waals surface area contributed by atoms with Crippen molar-refractivity contribution in [2.24, 2.45) is 0 Å². The first-order valence-corrected chi connectivity index (χ1v) is 8.80. The Kier molecular flexibility index (Phi) is 5.29. The van der Waals surface area contributed by atoms with E-state index in [0.29, 0.717) is 23.7 Å². The van der Waals surface area contributed by atoms with E-state index < -0.39 is 0 Å². The van der Waals surface area contributed by atoms with E-state index in [0.717, 1.165) is 19.4 Å². The van der Waals surface area contributed by atoms with Crippen LogP contribution in [0.4, 0.5) is 0 Å². The van der Waals surface area contributed by atoms with E-state index in [1.807, 2.05) is 6.07 Å². The highest BCUT2D eigenvalue weighted by Gasteiger charge is 2.34. The smallest absolute Gasteiger partial charge is 0.261 e. The third kappa shape index (κ3) is 3.64. The Morgan fingerprint density at radius 2 is 1.44 bits per heavy atom. The first kappa shape index (κ1) is 17.4. The van der Waals surface area contributed by atoms with E-state index in [2.05, 4.69) is 43.1 Å². The second-order valence-electron chi connectivity index (χ2n) is 6.58. The minimum absolute atomic E-state index is 0.161. The van der Waals surface area contributed by atoms with Crippen molar-refractivity contribution in [3.8, 4) is 0 Å². The molecule has 1 atom stereocenters. The van der Waals surface area contributed by atoms with Gasteiger partial charge < -0.3 is 0 Å². The molecule has 0 aromatic heterocycles. The van der Waals surface area contributed by atoms with Crippen LogP contribution in [0.5, 0.6) is 0 Å². The molecule has 0 saturated heterocycles. The molecule has 0 bridgehead atoms. The second kappa shape index (κ2) is 7.62. The average Bonchev–Trinajstić information content (AvgIpc) is 2.90. The summed E-state index contributed by atoms with van der Waals surface area (Å²) in [5.74, 6) is -0.321. The molecule has 25 heavy (non-hydrogen) atoms. The number of rotatable bonds is 7. The highest BCUT2D eigenvalue weighted by molar-refractivity contribution is 6.21. The Morgan fingerprint density at radius 1 is 0.880 bits per heavy atom. The van der Waals surface area contributed by atoms with Crippen molar-refractivity contribution in [2.45, 2.75) is 25.8 Å². The van der Waals surface area contributed by atoms with Crippen molar-refractivity contribution in [3.05, 3.63) is 71.3 Å². The van der Waals surface area contributed by atoms with E-state index in [1.54, 1.807) is 24.3 Å². The maximum Gasteiger partial charge on any atom is 0.261 e. The standard InChI is InChI=1S/C21H24N2O2/c1-16(17-10-4-3-5-11-17)22(2)14-8-9-15-23-20(24)18-12-6-7-13-19(18)21(23)25/h3-7,10-13,16H,8-9,14-15H2,1-2H3/t16-/m1/s1. The molecule has 1 aliphatic heterocycles. The number of fused-ring (bicyclic) bond motifs is 1. The fraction of sp³-hybridized carbons (Fsp3) is 0.333. The van der Waals surface area contributed by atoms with Gasteiger partial charge in [-0.15, -0.1) is 0 Å². The van der Waals surface area contributed by atoms with Gasteiger partial charge in [0.05, 0.1) is 11.1 Å². The summed E-state index contributed by atoms with van der Waals surface area (Å²) >= 11 is 0. The van der Waals surface area contributed by atoms with E-state index in [9.17, 15) is 9.59 Å². The van der Waals surface area contributed by atoms with Crippen LogP contribution in [0.15, 0.2) is 54.6 Å². The molecule has 0 fully saturated rings. The van der Waals surface area contributed by atoms with Gasteiger partial charge >= 0.3 is 0 Å². The van der Waals surface area contributed by atoms with Crippen LogP contribution in [0.3, 0.4) is 0 Å². The van der Waals surface area contributed by atoms with Crippen LogP contribution in [-0.4, -0.2) is 41.8 Å². The van der Waals surface area contributed by atoms with Gasteiger partial charge in [0.1, 0.15) is 0 Å². The minimum atomic E-state index is -0.161. The third-order valence-electron chi connectivity index (χ3n) is 4.96. The molecule has 4 heteroatoms. The van der Waals surface area contributed by atoms with Gasteiger partial charge in [0, 0.05) is 12.6 Å². The van der Waals surface area contributed by atoms with Gasteiger partial charge in [-0.05, 0) is 51.1 Å². The lowest BCUT2D eigenvalue weighted by atomic mass is 10.1. The number of hydrogen-bond acceptors (Lipinski definition) is 3. The highest BCUT2D eigenvalue weighted by Crippen LogP contribution is 2.23. The number of imide groups is 1. The Balaban J connectivity index is 1.48. The monoisotopic (exact) mass is 336 g/mol. The zero-order chi connectivity index (χ0) is 17.8. The zero-order valence-corrected chi connectivity index (χ0v) is 14.8. The second-order valence-corrected chi connectivity index (χ2v) is 6.58. The molecule has 3 rings (SSSR count). The molecule has 0 spiro atoms. The molecule has 0 unspecified atom stereocenters. The van der Waals surface area contributed by atoms with Crippen LogP contribution >= 0.6 is 0 Å². The molecule has 0 aliphatic carbocycles. The quantitative estimate of drug-likeness (QED) is 0.571. The van der Waals surface area contributed by atoms with Crippen LogP contribution in [0.1, 0.15) is 52.1 Å². The van der Waals surface area contributed by atoms with Gasteiger partial charge in [0.2, 0.25) is 0 Å². The molecule has 0 saturated carbocycles. The number of carbonyl (C=O) groups excluding carboxylic acids is 2. The van der Waals surface area contributed by atoms with Gasteiger partial charge in [-0.3, -0.25) is 19.4 Å². The number of hydrogen-bond donors (Lipinski definition) is 0. The fourth-order valence-corrected chi connectivity index (χ4v) is 3.25. The van der Waals surface area contributed by atoms with Gasteiger partial charge in [-0.25, -0.2) is 0 Å². The number of carbonyl (C=O) groups is 2. The van der Waals surface area contributed by atoms with Crippen molar-refractivity contribution in [1.29, 1.82) is 0 Å². The van der Waals surface area contributed by atoms with Crippen LogP contribution in [0, 0.1) is 0 Å². The molecule has 1 heterocycles. The van der Waals surface area contributed by atoms with Crippen LogP contribution in [-0.2, 0) is 0 Å². The van der Waals surface area contributed by atoms with Crippen LogP contribution in [0.2, 0.25) is 0 Å².